The van der Waals surface area contributed by atoms with Crippen LogP contribution in [0.3, 0.4) is 0 Å². The Bertz CT molecular complexity index is 941. The lowest BCUT2D eigenvalue weighted by Crippen LogP contribution is -2.22. The van der Waals surface area contributed by atoms with Gasteiger partial charge in [0.25, 0.3) is 11.6 Å². The van der Waals surface area contributed by atoms with Crippen molar-refractivity contribution in [2.45, 2.75) is 0 Å². The third-order valence-electron chi connectivity index (χ3n) is 3.37. The molecule has 0 saturated carbocycles. The summed E-state index contributed by atoms with van der Waals surface area (Å²) in [6.45, 7) is 0. The van der Waals surface area contributed by atoms with E-state index >= 15 is 0 Å². The Morgan fingerprint density at radius 1 is 1.12 bits per heavy atom. The van der Waals surface area contributed by atoms with E-state index in [2.05, 4.69) is 5.10 Å². The van der Waals surface area contributed by atoms with Crippen LogP contribution in [0.2, 0.25) is 5.02 Å². The lowest BCUT2D eigenvalue weighted by atomic mass is 10.2. The molecule has 1 heterocycles. The van der Waals surface area contributed by atoms with E-state index in [1.54, 1.807) is 42.5 Å². The molecule has 0 unspecified atom stereocenters. The zero-order chi connectivity index (χ0) is 18.7. The van der Waals surface area contributed by atoms with Crippen molar-refractivity contribution < 1.29 is 9.72 Å². The first-order chi connectivity index (χ1) is 12.4. The molecule has 0 bridgehead atoms. The van der Waals surface area contributed by atoms with Crippen molar-refractivity contribution in [2.24, 2.45) is 5.10 Å². The fraction of sp³-hybridized carbons (Fsp3) is 0. The molecular formula is C17H10ClN3O3S2. The molecule has 0 aliphatic carbocycles. The van der Waals surface area contributed by atoms with Crippen LogP contribution in [0.5, 0.6) is 0 Å². The van der Waals surface area contributed by atoms with Gasteiger partial charge < -0.3 is 0 Å². The number of hydrogen-bond acceptors (Lipinski definition) is 6. The maximum Gasteiger partial charge on any atom is 0.286 e. The highest BCUT2D eigenvalue weighted by molar-refractivity contribution is 8.26. The Labute approximate surface area is 163 Å². The van der Waals surface area contributed by atoms with Crippen LogP contribution in [0.15, 0.2) is 58.5 Å². The Hall–Kier alpha value is -2.55. The normalized spacial score (nSPS) is 16.0. The summed E-state index contributed by atoms with van der Waals surface area (Å²) >= 11 is 12.2. The first kappa shape index (κ1) is 18.2. The molecule has 2 aromatic rings. The van der Waals surface area contributed by atoms with Crippen LogP contribution in [0.25, 0.3) is 6.08 Å². The molecule has 1 amide bonds. The molecule has 1 aliphatic heterocycles. The van der Waals surface area contributed by atoms with Crippen LogP contribution in [0, 0.1) is 10.1 Å². The Kier molecular flexibility index (Phi) is 5.46. The predicted molar refractivity (Wildman–Crippen MR) is 107 cm³/mol. The van der Waals surface area contributed by atoms with Crippen LogP contribution >= 0.6 is 35.6 Å². The highest BCUT2D eigenvalue weighted by Gasteiger charge is 2.32. The van der Waals surface area contributed by atoms with Gasteiger partial charge in [-0.05, 0) is 53.7 Å². The minimum Gasteiger partial charge on any atom is -0.266 e. The molecule has 6 nitrogen and oxygen atoms in total. The van der Waals surface area contributed by atoms with Crippen LogP contribution in [-0.2, 0) is 4.79 Å². The van der Waals surface area contributed by atoms with Gasteiger partial charge in [-0.1, -0.05) is 35.5 Å². The minimum absolute atomic E-state index is 0.0118. The summed E-state index contributed by atoms with van der Waals surface area (Å²) in [4.78, 5) is 23.1. The van der Waals surface area contributed by atoms with Gasteiger partial charge in [-0.25, -0.2) is 0 Å². The first-order valence-electron chi connectivity index (χ1n) is 7.26. The molecule has 0 radical (unpaired) electrons. The third-order valence-corrected chi connectivity index (χ3v) is 4.90. The van der Waals surface area contributed by atoms with Gasteiger partial charge in [0.2, 0.25) is 0 Å². The van der Waals surface area contributed by atoms with Crippen molar-refractivity contribution in [2.75, 3.05) is 0 Å². The number of thiocarbonyl (C=S) groups is 1. The van der Waals surface area contributed by atoms with Gasteiger partial charge in [0, 0.05) is 17.2 Å². The minimum atomic E-state index is -0.477. The second-order valence-corrected chi connectivity index (χ2v) is 7.25. The summed E-state index contributed by atoms with van der Waals surface area (Å²) in [6.07, 6.45) is 3.15. The first-order valence-corrected chi connectivity index (χ1v) is 8.86. The summed E-state index contributed by atoms with van der Waals surface area (Å²) in [5, 5.41) is 16.6. The van der Waals surface area contributed by atoms with E-state index in [1.807, 2.05) is 0 Å². The number of hydrazone groups is 1. The van der Waals surface area contributed by atoms with Gasteiger partial charge in [-0.2, -0.15) is 10.1 Å². The topological polar surface area (TPSA) is 75.8 Å². The van der Waals surface area contributed by atoms with E-state index in [0.29, 0.717) is 19.8 Å². The average Bonchev–Trinajstić information content (AvgIpc) is 2.88. The van der Waals surface area contributed by atoms with Gasteiger partial charge in [0.05, 0.1) is 16.0 Å². The summed E-state index contributed by atoms with van der Waals surface area (Å²) in [6, 6.07) is 12.9. The number of nitro groups is 1. The van der Waals surface area contributed by atoms with Gasteiger partial charge in [-0.15, -0.1) is 0 Å². The monoisotopic (exact) mass is 403 g/mol. The number of thioether (sulfide) groups is 1. The van der Waals surface area contributed by atoms with E-state index < -0.39 is 4.92 Å². The zero-order valence-corrected chi connectivity index (χ0v) is 15.4. The van der Waals surface area contributed by atoms with E-state index in [0.717, 1.165) is 22.3 Å². The largest absolute Gasteiger partial charge is 0.286 e. The molecular weight excluding hydrogens is 394 g/mol. The molecule has 2 aromatic carbocycles. The lowest BCUT2D eigenvalue weighted by molar-refractivity contribution is -0.384. The SMILES string of the molecule is O=C1/C(=C\c2ccc([N+](=O)[O-])cc2)SC(=S)N1/N=C/c1ccc(Cl)cc1. The van der Waals surface area contributed by atoms with E-state index in [1.165, 1.54) is 18.3 Å². The van der Waals surface area contributed by atoms with Crippen molar-refractivity contribution >= 4 is 63.8 Å². The van der Waals surface area contributed by atoms with E-state index in [-0.39, 0.29) is 11.6 Å². The molecule has 3 rings (SSSR count). The van der Waals surface area contributed by atoms with Crippen molar-refractivity contribution in [3.05, 3.63) is 79.7 Å². The molecule has 0 N–H and O–H groups in total. The quantitative estimate of drug-likeness (QED) is 0.247. The molecule has 0 aromatic heterocycles. The maximum atomic E-state index is 12.5. The molecule has 1 fully saturated rings. The number of rotatable bonds is 4. The molecule has 1 aliphatic rings. The zero-order valence-electron chi connectivity index (χ0n) is 13.0. The number of hydrogen-bond donors (Lipinski definition) is 0. The highest BCUT2D eigenvalue weighted by Crippen LogP contribution is 2.33. The van der Waals surface area contributed by atoms with Gasteiger partial charge in [0.15, 0.2) is 4.32 Å². The summed E-state index contributed by atoms with van der Waals surface area (Å²) in [5.74, 6) is -0.344. The average molecular weight is 404 g/mol. The molecule has 0 spiro atoms. The number of non-ortho nitro benzene ring substituents is 1. The van der Waals surface area contributed by atoms with Crippen LogP contribution in [0.1, 0.15) is 11.1 Å². The maximum absolute atomic E-state index is 12.5. The standard InChI is InChI=1S/C17H10ClN3O3S2/c18-13-5-1-12(2-6-13)10-19-20-16(22)15(26-17(20)25)9-11-3-7-14(8-4-11)21(23)24/h1-10H/b15-9+,19-10+. The van der Waals surface area contributed by atoms with E-state index in [4.69, 9.17) is 23.8 Å². The van der Waals surface area contributed by atoms with Gasteiger partial charge in [0.1, 0.15) is 0 Å². The smallest absolute Gasteiger partial charge is 0.266 e. The number of nitrogens with zero attached hydrogens (tertiary/aromatic N) is 3. The number of halogens is 1. The summed E-state index contributed by atoms with van der Waals surface area (Å²) in [5.41, 5.74) is 1.43. The Morgan fingerprint density at radius 2 is 1.73 bits per heavy atom. The number of nitro benzene ring substituents is 1. The number of carbonyl (C=O) groups is 1. The number of benzene rings is 2. The van der Waals surface area contributed by atoms with Crippen molar-refractivity contribution in [3.63, 3.8) is 0 Å². The van der Waals surface area contributed by atoms with Gasteiger partial charge >= 0.3 is 0 Å². The number of amides is 1. The molecule has 130 valence electrons. The van der Waals surface area contributed by atoms with Crippen molar-refractivity contribution in [3.8, 4) is 0 Å². The third kappa shape index (κ3) is 4.16. The molecule has 1 saturated heterocycles. The number of carbonyl (C=O) groups excluding carboxylic acids is 1. The lowest BCUT2D eigenvalue weighted by Gasteiger charge is -2.06. The summed E-state index contributed by atoms with van der Waals surface area (Å²) in [7, 11) is 0. The fourth-order valence-corrected chi connectivity index (χ4v) is 3.37. The molecule has 9 heteroatoms. The predicted octanol–water partition coefficient (Wildman–Crippen LogP) is 4.48. The van der Waals surface area contributed by atoms with Gasteiger partial charge in [-0.3, -0.25) is 14.9 Å². The van der Waals surface area contributed by atoms with Crippen molar-refractivity contribution in [1.29, 1.82) is 0 Å². The van der Waals surface area contributed by atoms with Crippen molar-refractivity contribution in [1.82, 2.24) is 5.01 Å². The van der Waals surface area contributed by atoms with Crippen LogP contribution in [0.4, 0.5) is 5.69 Å². The Balaban J connectivity index is 1.77. The summed E-state index contributed by atoms with van der Waals surface area (Å²) < 4.78 is 0.313. The van der Waals surface area contributed by atoms with Crippen LogP contribution < -0.4 is 0 Å². The molecule has 26 heavy (non-hydrogen) atoms. The Morgan fingerprint density at radius 3 is 2.35 bits per heavy atom. The van der Waals surface area contributed by atoms with E-state index in [9.17, 15) is 14.9 Å². The highest BCUT2D eigenvalue weighted by atomic mass is 35.5. The van der Waals surface area contributed by atoms with Crippen LogP contribution in [-0.4, -0.2) is 26.4 Å². The second kappa shape index (κ2) is 7.77. The second-order valence-electron chi connectivity index (χ2n) is 5.14. The fourth-order valence-electron chi connectivity index (χ4n) is 2.08. The molecule has 0 atom stereocenters.